The summed E-state index contributed by atoms with van der Waals surface area (Å²) in [4.78, 5) is 15.0. The molecule has 2 aromatic carbocycles. The highest BCUT2D eigenvalue weighted by molar-refractivity contribution is 5.92. The van der Waals surface area contributed by atoms with Crippen molar-refractivity contribution in [2.45, 2.75) is 0 Å². The lowest BCUT2D eigenvalue weighted by atomic mass is 10.1. The second-order valence-electron chi connectivity index (χ2n) is 4.27. The quantitative estimate of drug-likeness (QED) is 0.760. The summed E-state index contributed by atoms with van der Waals surface area (Å²) in [5.41, 5.74) is 1.55. The van der Waals surface area contributed by atoms with Gasteiger partial charge in [-0.25, -0.2) is 0 Å². The molecule has 3 nitrogen and oxygen atoms in total. The average molecular weight is 251 g/mol. The summed E-state index contributed by atoms with van der Waals surface area (Å²) in [6.45, 7) is 0. The summed E-state index contributed by atoms with van der Waals surface area (Å²) >= 11 is 0. The first kappa shape index (κ1) is 11.5. The molecule has 0 fully saturated rings. The fraction of sp³-hybridized carbons (Fsp3) is 0.0625. The number of pyridine rings is 1. The lowest BCUT2D eigenvalue weighted by Gasteiger charge is -2.11. The molecule has 3 heteroatoms. The Bertz CT molecular complexity index is 776. The standard InChI is InChI=1S/C16H13NO2/c1-19-15-12-9-5-6-10-13(12)16(18)17-14(15)11-7-3-2-4-8-11/h2-10H,1H3,(H,17,18). The van der Waals surface area contributed by atoms with Gasteiger partial charge >= 0.3 is 0 Å². The number of rotatable bonds is 2. The molecule has 0 saturated carbocycles. The topological polar surface area (TPSA) is 42.1 Å². The van der Waals surface area contributed by atoms with E-state index in [0.29, 0.717) is 16.8 Å². The highest BCUT2D eigenvalue weighted by atomic mass is 16.5. The number of aromatic nitrogens is 1. The van der Waals surface area contributed by atoms with Crippen molar-refractivity contribution in [1.82, 2.24) is 4.98 Å². The fourth-order valence-corrected chi connectivity index (χ4v) is 2.27. The van der Waals surface area contributed by atoms with Crippen LogP contribution in [0.5, 0.6) is 5.75 Å². The van der Waals surface area contributed by atoms with Crippen molar-refractivity contribution >= 4 is 10.8 Å². The number of hydrogen-bond donors (Lipinski definition) is 1. The highest BCUT2D eigenvalue weighted by Gasteiger charge is 2.12. The smallest absolute Gasteiger partial charge is 0.256 e. The minimum absolute atomic E-state index is 0.102. The molecule has 94 valence electrons. The largest absolute Gasteiger partial charge is 0.494 e. The van der Waals surface area contributed by atoms with Crippen molar-refractivity contribution in [3.05, 3.63) is 65.0 Å². The average Bonchev–Trinajstić information content (AvgIpc) is 2.48. The number of aromatic amines is 1. The number of fused-ring (bicyclic) bond motifs is 1. The molecule has 0 spiro atoms. The van der Waals surface area contributed by atoms with Crippen LogP contribution in [0.4, 0.5) is 0 Å². The molecule has 0 amide bonds. The van der Waals surface area contributed by atoms with E-state index in [0.717, 1.165) is 10.9 Å². The summed E-state index contributed by atoms with van der Waals surface area (Å²) in [5.74, 6) is 0.696. The first-order chi connectivity index (χ1) is 9.31. The van der Waals surface area contributed by atoms with Gasteiger partial charge in [-0.15, -0.1) is 0 Å². The molecule has 0 atom stereocenters. The Kier molecular flexibility index (Phi) is 2.80. The third-order valence-corrected chi connectivity index (χ3v) is 3.15. The Morgan fingerprint density at radius 3 is 2.21 bits per heavy atom. The highest BCUT2D eigenvalue weighted by Crippen LogP contribution is 2.32. The van der Waals surface area contributed by atoms with Gasteiger partial charge in [0.05, 0.1) is 18.2 Å². The zero-order chi connectivity index (χ0) is 13.2. The molecule has 0 bridgehead atoms. The summed E-state index contributed by atoms with van der Waals surface area (Å²) in [5, 5.41) is 1.46. The van der Waals surface area contributed by atoms with Crippen LogP contribution in [0.2, 0.25) is 0 Å². The van der Waals surface area contributed by atoms with E-state index in [4.69, 9.17) is 4.74 Å². The van der Waals surface area contributed by atoms with E-state index in [2.05, 4.69) is 4.98 Å². The first-order valence-electron chi connectivity index (χ1n) is 6.05. The molecule has 1 heterocycles. The zero-order valence-electron chi connectivity index (χ0n) is 10.5. The SMILES string of the molecule is COc1c(-c2ccccc2)[nH]c(=O)c2ccccc12. The van der Waals surface area contributed by atoms with Crippen LogP contribution >= 0.6 is 0 Å². The van der Waals surface area contributed by atoms with Crippen LogP contribution in [-0.4, -0.2) is 12.1 Å². The maximum Gasteiger partial charge on any atom is 0.256 e. The van der Waals surface area contributed by atoms with Gasteiger partial charge in [0, 0.05) is 10.9 Å². The van der Waals surface area contributed by atoms with E-state index in [1.165, 1.54) is 0 Å². The van der Waals surface area contributed by atoms with Crippen LogP contribution in [0.3, 0.4) is 0 Å². The Labute approximate surface area is 110 Å². The van der Waals surface area contributed by atoms with Gasteiger partial charge in [0.2, 0.25) is 0 Å². The Hall–Kier alpha value is -2.55. The summed E-state index contributed by atoms with van der Waals surface area (Å²) in [6.07, 6.45) is 0. The molecule has 0 aliphatic rings. The normalized spacial score (nSPS) is 10.6. The molecule has 0 aliphatic heterocycles. The number of methoxy groups -OCH3 is 1. The van der Waals surface area contributed by atoms with Crippen LogP contribution < -0.4 is 10.3 Å². The molecule has 0 aliphatic carbocycles. The molecule has 19 heavy (non-hydrogen) atoms. The molecule has 0 unspecified atom stereocenters. The maximum absolute atomic E-state index is 12.1. The Morgan fingerprint density at radius 2 is 1.53 bits per heavy atom. The van der Waals surface area contributed by atoms with Gasteiger partial charge in [-0.1, -0.05) is 48.5 Å². The molecule has 1 aromatic heterocycles. The molecule has 0 saturated heterocycles. The lowest BCUT2D eigenvalue weighted by molar-refractivity contribution is 0.420. The molecular weight excluding hydrogens is 238 g/mol. The summed E-state index contributed by atoms with van der Waals surface area (Å²) in [6, 6.07) is 17.1. The van der Waals surface area contributed by atoms with E-state index >= 15 is 0 Å². The molecule has 3 aromatic rings. The summed E-state index contributed by atoms with van der Waals surface area (Å²) < 4.78 is 5.50. The van der Waals surface area contributed by atoms with Crippen molar-refractivity contribution in [1.29, 1.82) is 0 Å². The second kappa shape index (κ2) is 4.61. The number of nitrogens with one attached hydrogen (secondary N) is 1. The van der Waals surface area contributed by atoms with Crippen molar-refractivity contribution in [2.24, 2.45) is 0 Å². The van der Waals surface area contributed by atoms with Crippen LogP contribution in [0.15, 0.2) is 59.4 Å². The van der Waals surface area contributed by atoms with Crippen LogP contribution in [-0.2, 0) is 0 Å². The zero-order valence-corrected chi connectivity index (χ0v) is 10.5. The number of benzene rings is 2. The Balaban J connectivity index is 2.41. The number of ether oxygens (including phenoxy) is 1. The third kappa shape index (κ3) is 1.89. The fourth-order valence-electron chi connectivity index (χ4n) is 2.27. The van der Waals surface area contributed by atoms with Crippen molar-refractivity contribution in [2.75, 3.05) is 7.11 Å². The maximum atomic E-state index is 12.1. The van der Waals surface area contributed by atoms with Crippen LogP contribution in [0, 0.1) is 0 Å². The van der Waals surface area contributed by atoms with Gasteiger partial charge < -0.3 is 9.72 Å². The third-order valence-electron chi connectivity index (χ3n) is 3.15. The lowest BCUT2D eigenvalue weighted by Crippen LogP contribution is -2.09. The predicted molar refractivity (Wildman–Crippen MR) is 76.6 cm³/mol. The number of hydrogen-bond acceptors (Lipinski definition) is 2. The Morgan fingerprint density at radius 1 is 0.895 bits per heavy atom. The van der Waals surface area contributed by atoms with Gasteiger partial charge in [0.1, 0.15) is 0 Å². The molecule has 0 radical (unpaired) electrons. The van der Waals surface area contributed by atoms with Crippen molar-refractivity contribution in [3.63, 3.8) is 0 Å². The number of H-pyrrole nitrogens is 1. The summed E-state index contributed by atoms with van der Waals surface area (Å²) in [7, 11) is 1.62. The van der Waals surface area contributed by atoms with E-state index in [1.807, 2.05) is 48.5 Å². The van der Waals surface area contributed by atoms with E-state index in [-0.39, 0.29) is 5.56 Å². The van der Waals surface area contributed by atoms with Gasteiger partial charge in [0.15, 0.2) is 5.75 Å². The van der Waals surface area contributed by atoms with Gasteiger partial charge in [-0.05, 0) is 6.07 Å². The van der Waals surface area contributed by atoms with E-state index in [9.17, 15) is 4.79 Å². The van der Waals surface area contributed by atoms with E-state index < -0.39 is 0 Å². The van der Waals surface area contributed by atoms with Crippen molar-refractivity contribution < 1.29 is 4.74 Å². The van der Waals surface area contributed by atoms with Gasteiger partial charge in [0.25, 0.3) is 5.56 Å². The van der Waals surface area contributed by atoms with Crippen LogP contribution in [0.25, 0.3) is 22.0 Å². The molecule has 3 rings (SSSR count). The van der Waals surface area contributed by atoms with E-state index in [1.54, 1.807) is 13.2 Å². The van der Waals surface area contributed by atoms with Gasteiger partial charge in [-0.2, -0.15) is 0 Å². The molecular formula is C16H13NO2. The first-order valence-corrected chi connectivity index (χ1v) is 6.05. The minimum Gasteiger partial charge on any atom is -0.494 e. The van der Waals surface area contributed by atoms with Crippen LogP contribution in [0.1, 0.15) is 0 Å². The van der Waals surface area contributed by atoms with Crippen molar-refractivity contribution in [3.8, 4) is 17.0 Å². The second-order valence-corrected chi connectivity index (χ2v) is 4.27. The molecule has 1 N–H and O–H groups in total. The predicted octanol–water partition coefficient (Wildman–Crippen LogP) is 3.20. The monoisotopic (exact) mass is 251 g/mol. The van der Waals surface area contributed by atoms with Gasteiger partial charge in [-0.3, -0.25) is 4.79 Å². The minimum atomic E-state index is -0.102.